The maximum Gasteiger partial charge on any atom is 0.471 e. The number of amides is 1. The average Bonchev–Trinajstić information content (AvgIpc) is 3.20. The minimum absolute atomic E-state index is 0.103. The van der Waals surface area contributed by atoms with Crippen LogP contribution in [0.3, 0.4) is 0 Å². The lowest BCUT2D eigenvalue weighted by atomic mass is 10.00. The first-order valence-electron chi connectivity index (χ1n) is 8.88. The Balaban J connectivity index is 1.65. The molecule has 150 valence electrons. The molecule has 0 aliphatic heterocycles. The van der Waals surface area contributed by atoms with Gasteiger partial charge in [0, 0.05) is 29.2 Å². The van der Waals surface area contributed by atoms with Gasteiger partial charge >= 0.3 is 12.1 Å². The van der Waals surface area contributed by atoms with Gasteiger partial charge in [-0.2, -0.15) is 13.2 Å². The molecule has 1 N–H and O–H groups in total. The lowest BCUT2D eigenvalue weighted by Gasteiger charge is -2.11. The molecule has 1 aromatic heterocycles. The minimum atomic E-state index is -5.01. The maximum atomic E-state index is 12.6. The van der Waals surface area contributed by atoms with Crippen LogP contribution in [0.2, 0.25) is 0 Å². The summed E-state index contributed by atoms with van der Waals surface area (Å²) in [7, 11) is 0. The van der Waals surface area contributed by atoms with E-state index in [1.165, 1.54) is 17.0 Å². The molecule has 0 spiro atoms. The van der Waals surface area contributed by atoms with Crippen LogP contribution in [-0.4, -0.2) is 27.4 Å². The molecular formula is C22H14F3N3O2. The zero-order chi connectivity index (χ0) is 21.3. The first-order chi connectivity index (χ1) is 14.3. The molecule has 0 saturated carbocycles. The molecule has 4 rings (SSSR count). The number of benzene rings is 3. The van der Waals surface area contributed by atoms with E-state index in [9.17, 15) is 22.8 Å². The molecule has 5 nitrogen and oxygen atoms in total. The van der Waals surface area contributed by atoms with Gasteiger partial charge in [-0.25, -0.2) is 4.98 Å². The summed E-state index contributed by atoms with van der Waals surface area (Å²) >= 11 is 0. The number of rotatable bonds is 4. The van der Waals surface area contributed by atoms with Crippen molar-refractivity contribution in [3.63, 3.8) is 0 Å². The molecule has 1 heterocycles. The lowest BCUT2D eigenvalue weighted by molar-refractivity contribution is -0.167. The van der Waals surface area contributed by atoms with Crippen LogP contribution in [0.15, 0.2) is 79.1 Å². The predicted molar refractivity (Wildman–Crippen MR) is 106 cm³/mol. The monoisotopic (exact) mass is 409 g/mol. The van der Waals surface area contributed by atoms with E-state index in [-0.39, 0.29) is 11.7 Å². The highest BCUT2D eigenvalue weighted by atomic mass is 19.4. The molecule has 0 bridgehead atoms. The number of halogens is 3. The second kappa shape index (κ2) is 7.47. The molecule has 0 unspecified atom stereocenters. The van der Waals surface area contributed by atoms with Gasteiger partial charge in [-0.3, -0.25) is 19.5 Å². The van der Waals surface area contributed by atoms with Crippen LogP contribution in [0.4, 0.5) is 19.1 Å². The van der Waals surface area contributed by atoms with Crippen LogP contribution in [0.1, 0.15) is 15.9 Å². The Labute approximate surface area is 168 Å². The van der Waals surface area contributed by atoms with Gasteiger partial charge in [-0.1, -0.05) is 48.5 Å². The summed E-state index contributed by atoms with van der Waals surface area (Å²) in [4.78, 5) is 27.6. The van der Waals surface area contributed by atoms with Gasteiger partial charge < -0.3 is 0 Å². The summed E-state index contributed by atoms with van der Waals surface area (Å²) in [6.45, 7) is 0. The lowest BCUT2D eigenvalue weighted by Crippen LogP contribution is -2.31. The molecule has 8 heteroatoms. The maximum absolute atomic E-state index is 12.6. The van der Waals surface area contributed by atoms with Crippen molar-refractivity contribution in [2.75, 3.05) is 5.32 Å². The summed E-state index contributed by atoms with van der Waals surface area (Å²) in [6.07, 6.45) is -2.28. The van der Waals surface area contributed by atoms with Crippen molar-refractivity contribution in [2.24, 2.45) is 0 Å². The summed E-state index contributed by atoms with van der Waals surface area (Å²) in [5.41, 5.74) is 1.62. The van der Waals surface area contributed by atoms with Crippen LogP contribution >= 0.6 is 0 Å². The number of hydrogen-bond donors (Lipinski definition) is 1. The molecule has 3 aromatic carbocycles. The number of hydrogen-bond acceptors (Lipinski definition) is 3. The Bertz CT molecular complexity index is 1250. The van der Waals surface area contributed by atoms with Gasteiger partial charge in [0.2, 0.25) is 5.95 Å². The van der Waals surface area contributed by atoms with Crippen LogP contribution in [0, 0.1) is 0 Å². The number of anilines is 1. The Morgan fingerprint density at radius 3 is 2.30 bits per heavy atom. The topological polar surface area (TPSA) is 64.0 Å². The average molecular weight is 409 g/mol. The van der Waals surface area contributed by atoms with E-state index >= 15 is 0 Å². The number of fused-ring (bicyclic) bond motifs is 1. The molecule has 0 atom stereocenters. The number of imidazole rings is 1. The van der Waals surface area contributed by atoms with E-state index in [1.54, 1.807) is 66.0 Å². The third-order valence-electron chi connectivity index (χ3n) is 4.52. The standard InChI is InChI=1S/C22H14F3N3O2/c23-22(24,25)20(30)27-21-26-10-11-28(21)18-9-8-15-12-17(7-6-16(15)13-18)19(29)14-4-2-1-3-5-14/h1-13H,(H,26,27,30). The van der Waals surface area contributed by atoms with Crippen molar-refractivity contribution in [3.05, 3.63) is 90.3 Å². The van der Waals surface area contributed by atoms with Crippen molar-refractivity contribution < 1.29 is 22.8 Å². The second-order valence-corrected chi connectivity index (χ2v) is 6.51. The number of carbonyl (C=O) groups is 2. The van der Waals surface area contributed by atoms with E-state index in [0.29, 0.717) is 16.8 Å². The molecule has 0 fully saturated rings. The highest BCUT2D eigenvalue weighted by Gasteiger charge is 2.39. The first-order valence-corrected chi connectivity index (χ1v) is 8.88. The number of alkyl halides is 3. The SMILES string of the molecule is O=C(c1ccccc1)c1ccc2cc(-n3ccnc3NC(=O)C(F)(F)F)ccc2c1. The van der Waals surface area contributed by atoms with Crippen molar-refractivity contribution in [2.45, 2.75) is 6.18 Å². The third-order valence-corrected chi connectivity index (χ3v) is 4.52. The first kappa shape index (κ1) is 19.4. The highest BCUT2D eigenvalue weighted by Crippen LogP contribution is 2.24. The smallest absolute Gasteiger partial charge is 0.289 e. The van der Waals surface area contributed by atoms with Gasteiger partial charge in [0.05, 0.1) is 0 Å². The Morgan fingerprint density at radius 2 is 1.57 bits per heavy atom. The van der Waals surface area contributed by atoms with Crippen molar-refractivity contribution in [3.8, 4) is 5.69 Å². The van der Waals surface area contributed by atoms with Crippen LogP contribution < -0.4 is 5.32 Å². The molecule has 0 aliphatic carbocycles. The summed E-state index contributed by atoms with van der Waals surface area (Å²) < 4.78 is 38.9. The fourth-order valence-electron chi connectivity index (χ4n) is 3.06. The molecule has 30 heavy (non-hydrogen) atoms. The van der Waals surface area contributed by atoms with Crippen molar-refractivity contribution >= 4 is 28.4 Å². The zero-order valence-electron chi connectivity index (χ0n) is 15.4. The fraction of sp³-hybridized carbons (Fsp3) is 0.0455. The number of nitrogens with one attached hydrogen (secondary N) is 1. The Morgan fingerprint density at radius 1 is 0.867 bits per heavy atom. The van der Waals surface area contributed by atoms with Gasteiger partial charge in [-0.05, 0) is 29.0 Å². The van der Waals surface area contributed by atoms with E-state index in [2.05, 4.69) is 4.98 Å². The quantitative estimate of drug-likeness (QED) is 0.495. The van der Waals surface area contributed by atoms with E-state index in [0.717, 1.165) is 10.8 Å². The van der Waals surface area contributed by atoms with E-state index in [4.69, 9.17) is 0 Å². The summed E-state index contributed by atoms with van der Waals surface area (Å²) in [6, 6.07) is 19.3. The van der Waals surface area contributed by atoms with Crippen molar-refractivity contribution in [1.29, 1.82) is 0 Å². The number of aromatic nitrogens is 2. The second-order valence-electron chi connectivity index (χ2n) is 6.51. The van der Waals surface area contributed by atoms with E-state index in [1.807, 2.05) is 6.07 Å². The molecule has 0 aliphatic rings. The van der Waals surface area contributed by atoms with Crippen LogP contribution in [0.5, 0.6) is 0 Å². The minimum Gasteiger partial charge on any atom is -0.289 e. The highest BCUT2D eigenvalue weighted by molar-refractivity contribution is 6.10. The summed E-state index contributed by atoms with van der Waals surface area (Å²) in [5, 5.41) is 3.33. The Hall–Kier alpha value is -3.94. The van der Waals surface area contributed by atoms with Crippen LogP contribution in [0.25, 0.3) is 16.5 Å². The number of ketones is 1. The Kier molecular flexibility index (Phi) is 4.83. The van der Waals surface area contributed by atoms with Gasteiger partial charge in [-0.15, -0.1) is 0 Å². The fourth-order valence-corrected chi connectivity index (χ4v) is 3.06. The molecular weight excluding hydrogens is 395 g/mol. The molecule has 0 radical (unpaired) electrons. The zero-order valence-corrected chi connectivity index (χ0v) is 15.4. The summed E-state index contributed by atoms with van der Waals surface area (Å²) in [5.74, 6) is -2.44. The normalized spacial score (nSPS) is 11.4. The third kappa shape index (κ3) is 3.80. The predicted octanol–water partition coefficient (Wildman–Crippen LogP) is 4.76. The van der Waals surface area contributed by atoms with E-state index < -0.39 is 12.1 Å². The van der Waals surface area contributed by atoms with Gasteiger partial charge in [0.15, 0.2) is 5.78 Å². The van der Waals surface area contributed by atoms with Crippen molar-refractivity contribution in [1.82, 2.24) is 9.55 Å². The van der Waals surface area contributed by atoms with Gasteiger partial charge in [0.25, 0.3) is 0 Å². The molecule has 1 amide bonds. The number of carbonyl (C=O) groups excluding carboxylic acids is 2. The largest absolute Gasteiger partial charge is 0.471 e. The number of nitrogens with zero attached hydrogens (tertiary/aromatic N) is 2. The molecule has 0 saturated heterocycles. The van der Waals surface area contributed by atoms with Gasteiger partial charge in [0.1, 0.15) is 0 Å². The molecule has 4 aromatic rings. The van der Waals surface area contributed by atoms with Crippen LogP contribution in [-0.2, 0) is 4.79 Å².